The summed E-state index contributed by atoms with van der Waals surface area (Å²) in [6, 6.07) is 12.3. The van der Waals surface area contributed by atoms with E-state index in [1.165, 1.54) is 0 Å². The predicted octanol–water partition coefficient (Wildman–Crippen LogP) is 1.81. The van der Waals surface area contributed by atoms with Crippen molar-refractivity contribution >= 4 is 22.7 Å². The van der Waals surface area contributed by atoms with E-state index in [4.69, 9.17) is 4.98 Å². The second-order valence-corrected chi connectivity index (χ2v) is 8.45. The number of benzene rings is 1. The zero-order chi connectivity index (χ0) is 22.1. The third kappa shape index (κ3) is 3.86. The molecule has 2 aliphatic heterocycles. The van der Waals surface area contributed by atoms with E-state index in [2.05, 4.69) is 39.6 Å². The maximum atomic E-state index is 13.2. The van der Waals surface area contributed by atoms with Crippen LogP contribution < -0.4 is 5.32 Å². The van der Waals surface area contributed by atoms with Gasteiger partial charge in [-0.2, -0.15) is 0 Å². The molecule has 0 saturated carbocycles. The quantitative estimate of drug-likeness (QED) is 0.681. The fraction of sp³-hybridized carbons (Fsp3) is 0.417. The lowest BCUT2D eigenvalue weighted by molar-refractivity contribution is -0.122. The highest BCUT2D eigenvalue weighted by Gasteiger charge is 2.32. The molecule has 1 N–H and O–H groups in total. The van der Waals surface area contributed by atoms with E-state index in [9.17, 15) is 9.59 Å². The Kier molecular flexibility index (Phi) is 5.61. The maximum Gasteiger partial charge on any atom is 0.272 e. The van der Waals surface area contributed by atoms with Crippen molar-refractivity contribution in [3.8, 4) is 0 Å². The van der Waals surface area contributed by atoms with E-state index >= 15 is 0 Å². The van der Waals surface area contributed by atoms with Gasteiger partial charge in [-0.15, -0.1) is 0 Å². The van der Waals surface area contributed by atoms with Gasteiger partial charge in [0, 0.05) is 51.7 Å². The number of para-hydroxylation sites is 1. The van der Waals surface area contributed by atoms with Crippen LogP contribution in [0, 0.1) is 6.20 Å². The number of nitrogens with zero attached hydrogens (tertiary/aromatic N) is 5. The molecule has 1 saturated heterocycles. The van der Waals surface area contributed by atoms with E-state index in [1.54, 1.807) is 7.05 Å². The van der Waals surface area contributed by atoms with Crippen LogP contribution in [-0.2, 0) is 17.9 Å². The number of fused-ring (bicyclic) bond motifs is 2. The molecule has 1 aromatic carbocycles. The number of carbonyl (C=O) groups is 2. The molecular weight excluding hydrogens is 404 g/mol. The van der Waals surface area contributed by atoms with E-state index in [-0.39, 0.29) is 17.7 Å². The largest absolute Gasteiger partial charge is 0.359 e. The van der Waals surface area contributed by atoms with Gasteiger partial charge in [-0.25, -0.2) is 4.98 Å². The highest BCUT2D eigenvalue weighted by atomic mass is 16.2. The summed E-state index contributed by atoms with van der Waals surface area (Å²) in [5.74, 6) is 0.238. The number of aromatic nitrogens is 3. The number of pyridine rings is 1. The first-order valence-corrected chi connectivity index (χ1v) is 11.2. The average Bonchev–Trinajstić information content (AvgIpc) is 3.28. The smallest absolute Gasteiger partial charge is 0.272 e. The molecule has 1 fully saturated rings. The van der Waals surface area contributed by atoms with Crippen molar-refractivity contribution in [2.45, 2.75) is 31.8 Å². The van der Waals surface area contributed by atoms with Gasteiger partial charge in [-0.05, 0) is 25.0 Å². The number of rotatable bonds is 4. The molecule has 1 unspecified atom stereocenters. The fourth-order valence-electron chi connectivity index (χ4n) is 4.69. The lowest BCUT2D eigenvalue weighted by atomic mass is 9.98. The van der Waals surface area contributed by atoms with Gasteiger partial charge >= 0.3 is 0 Å². The Balaban J connectivity index is 1.23. The van der Waals surface area contributed by atoms with Gasteiger partial charge in [0.1, 0.15) is 17.7 Å². The summed E-state index contributed by atoms with van der Waals surface area (Å²) in [5, 5.41) is 3.84. The lowest BCUT2D eigenvalue weighted by Crippen LogP contribution is -2.48. The third-order valence-electron chi connectivity index (χ3n) is 6.48. The summed E-state index contributed by atoms with van der Waals surface area (Å²) in [6.07, 6.45) is 4.51. The van der Waals surface area contributed by atoms with Crippen molar-refractivity contribution in [3.63, 3.8) is 0 Å². The topological polar surface area (TPSA) is 83.4 Å². The van der Waals surface area contributed by atoms with Crippen molar-refractivity contribution in [3.05, 3.63) is 59.8 Å². The first-order chi connectivity index (χ1) is 15.6. The summed E-state index contributed by atoms with van der Waals surface area (Å²) < 4.78 is 1.89. The van der Waals surface area contributed by atoms with E-state index < -0.39 is 0 Å². The van der Waals surface area contributed by atoms with Gasteiger partial charge < -0.3 is 14.8 Å². The van der Waals surface area contributed by atoms with Gasteiger partial charge in [0.25, 0.3) is 5.91 Å². The summed E-state index contributed by atoms with van der Waals surface area (Å²) in [6.45, 7) is 4.37. The molecular formula is C24H27N6O2. The molecule has 5 rings (SSSR count). The van der Waals surface area contributed by atoms with Crippen LogP contribution in [-0.4, -0.2) is 69.4 Å². The van der Waals surface area contributed by atoms with Crippen molar-refractivity contribution in [1.29, 1.82) is 0 Å². The molecule has 2 aliphatic rings. The Morgan fingerprint density at radius 1 is 1.09 bits per heavy atom. The van der Waals surface area contributed by atoms with Gasteiger partial charge in [0.15, 0.2) is 0 Å². The molecule has 3 aromatic rings. The van der Waals surface area contributed by atoms with E-state index in [0.717, 1.165) is 49.1 Å². The average molecular weight is 432 g/mol. The van der Waals surface area contributed by atoms with Gasteiger partial charge in [-0.3, -0.25) is 19.5 Å². The summed E-state index contributed by atoms with van der Waals surface area (Å²) >= 11 is 0. The minimum atomic E-state index is -0.308. The number of hydrogen-bond donors (Lipinski definition) is 1. The molecule has 0 spiro atoms. The number of amides is 2. The van der Waals surface area contributed by atoms with Crippen LogP contribution in [0.3, 0.4) is 0 Å². The highest BCUT2D eigenvalue weighted by molar-refractivity contribution is 5.93. The first kappa shape index (κ1) is 20.6. The first-order valence-electron chi connectivity index (χ1n) is 11.2. The van der Waals surface area contributed by atoms with Gasteiger partial charge in [-0.1, -0.05) is 24.3 Å². The number of nitrogens with one attached hydrogen (secondary N) is 1. The minimum absolute atomic E-state index is 0.0511. The van der Waals surface area contributed by atoms with Crippen molar-refractivity contribution in [1.82, 2.24) is 29.7 Å². The Morgan fingerprint density at radius 3 is 2.72 bits per heavy atom. The number of carbonyl (C=O) groups excluding carboxylic acids is 2. The maximum absolute atomic E-state index is 13.2. The lowest BCUT2D eigenvalue weighted by Gasteiger charge is -2.34. The van der Waals surface area contributed by atoms with Crippen LogP contribution >= 0.6 is 0 Å². The van der Waals surface area contributed by atoms with Gasteiger partial charge in [0.2, 0.25) is 5.91 Å². The Morgan fingerprint density at radius 2 is 1.91 bits per heavy atom. The van der Waals surface area contributed by atoms with Crippen LogP contribution in [0.4, 0.5) is 0 Å². The van der Waals surface area contributed by atoms with Crippen molar-refractivity contribution in [2.24, 2.45) is 0 Å². The predicted molar refractivity (Wildman–Crippen MR) is 120 cm³/mol. The molecule has 1 radical (unpaired) electrons. The minimum Gasteiger partial charge on any atom is -0.359 e. The number of likely N-dealkylation sites (N-methyl/N-ethyl adjacent to an activating group) is 1. The highest BCUT2D eigenvalue weighted by Crippen LogP contribution is 2.28. The fourth-order valence-corrected chi connectivity index (χ4v) is 4.69. The molecule has 0 aliphatic carbocycles. The number of hydrogen-bond acceptors (Lipinski definition) is 5. The zero-order valence-corrected chi connectivity index (χ0v) is 18.3. The normalized spacial score (nSPS) is 19.0. The van der Waals surface area contributed by atoms with Gasteiger partial charge in [0.05, 0.1) is 17.1 Å². The molecule has 2 amide bonds. The van der Waals surface area contributed by atoms with Crippen LogP contribution in [0.25, 0.3) is 10.9 Å². The molecule has 1 atom stereocenters. The Labute approximate surface area is 187 Å². The van der Waals surface area contributed by atoms with Crippen molar-refractivity contribution in [2.75, 3.05) is 33.2 Å². The summed E-state index contributed by atoms with van der Waals surface area (Å²) in [5.41, 5.74) is 2.52. The Bertz CT molecular complexity index is 1150. The molecule has 32 heavy (non-hydrogen) atoms. The molecule has 2 aromatic heterocycles. The van der Waals surface area contributed by atoms with Crippen LogP contribution in [0.15, 0.2) is 36.4 Å². The molecule has 8 nitrogen and oxygen atoms in total. The Hall–Kier alpha value is -3.26. The second-order valence-electron chi connectivity index (χ2n) is 8.45. The summed E-state index contributed by atoms with van der Waals surface area (Å²) in [7, 11) is 1.63. The molecule has 8 heteroatoms. The third-order valence-corrected chi connectivity index (χ3v) is 6.48. The van der Waals surface area contributed by atoms with E-state index in [0.29, 0.717) is 31.2 Å². The molecule has 0 bridgehead atoms. The van der Waals surface area contributed by atoms with Crippen LogP contribution in [0.2, 0.25) is 0 Å². The van der Waals surface area contributed by atoms with E-state index in [1.807, 2.05) is 27.7 Å². The standard InChI is InChI=1S/C24H27N6O2/c1-25-23(31)19-6-4-10-30-21(15-26-22(19)30)24(32)29-13-11-28(12-14-29)16-18-9-8-17-5-2-3-7-20(17)27-18/h2-3,5,7-9,19H,4,6,10-14,16H2,1H3,(H,25,31). The monoisotopic (exact) mass is 431 g/mol. The zero-order valence-electron chi connectivity index (χ0n) is 18.3. The summed E-state index contributed by atoms with van der Waals surface area (Å²) in [4.78, 5) is 38.7. The van der Waals surface area contributed by atoms with Crippen molar-refractivity contribution < 1.29 is 9.59 Å². The van der Waals surface area contributed by atoms with Crippen LogP contribution in [0.5, 0.6) is 0 Å². The molecule has 4 heterocycles. The number of imidazole rings is 1. The molecule has 165 valence electrons. The SMILES string of the molecule is CNC(=O)C1CCCn2c(C(=O)N3CCN(Cc4ccc5ccccc5n4)CC3)[c]nc21. The second kappa shape index (κ2) is 8.70. The van der Waals surface area contributed by atoms with Crippen LogP contribution in [0.1, 0.15) is 40.8 Å². The number of piperazine rings is 1.